The van der Waals surface area contributed by atoms with Gasteiger partial charge in [-0.2, -0.15) is 0 Å². The van der Waals surface area contributed by atoms with Gasteiger partial charge in [0.2, 0.25) is 0 Å². The van der Waals surface area contributed by atoms with Gasteiger partial charge in [0.05, 0.1) is 0 Å². The summed E-state index contributed by atoms with van der Waals surface area (Å²) in [5.74, 6) is 0.0225. The largest absolute Gasteiger partial charge is 0.871 e. The lowest BCUT2D eigenvalue weighted by molar-refractivity contribution is -0.270. The van der Waals surface area contributed by atoms with Crippen LogP contribution in [0.3, 0.4) is 0 Å². The Balaban J connectivity index is 2.15. The van der Waals surface area contributed by atoms with Crippen LogP contribution in [0.2, 0.25) is 0 Å². The molecule has 0 aliphatic heterocycles. The van der Waals surface area contributed by atoms with Crippen LogP contribution in [0.4, 0.5) is 0 Å². The molecular formula is C17H21N2O-. The average Bonchev–Trinajstić information content (AvgIpc) is 2.43. The second-order valence-electron chi connectivity index (χ2n) is 5.38. The van der Waals surface area contributed by atoms with Crippen molar-refractivity contribution in [1.82, 2.24) is 9.88 Å². The van der Waals surface area contributed by atoms with Crippen molar-refractivity contribution in [3.05, 3.63) is 59.4 Å². The molecule has 0 aliphatic carbocycles. The number of pyridine rings is 1. The molecule has 0 saturated heterocycles. The summed E-state index contributed by atoms with van der Waals surface area (Å²) in [4.78, 5) is 6.64. The Morgan fingerprint density at radius 3 is 2.40 bits per heavy atom. The lowest BCUT2D eigenvalue weighted by Gasteiger charge is -2.28. The van der Waals surface area contributed by atoms with Gasteiger partial charge in [0, 0.05) is 30.5 Å². The molecule has 1 aromatic carbocycles. The van der Waals surface area contributed by atoms with Gasteiger partial charge in [-0.05, 0) is 32.4 Å². The first-order valence-electron chi connectivity index (χ1n) is 6.98. The van der Waals surface area contributed by atoms with Gasteiger partial charge in [-0.3, -0.25) is 9.88 Å². The van der Waals surface area contributed by atoms with Crippen LogP contribution in [0.25, 0.3) is 0 Å². The third kappa shape index (κ3) is 3.81. The van der Waals surface area contributed by atoms with Crippen molar-refractivity contribution >= 4 is 0 Å². The molecule has 0 unspecified atom stereocenters. The van der Waals surface area contributed by atoms with Crippen LogP contribution in [0.15, 0.2) is 42.5 Å². The summed E-state index contributed by atoms with van der Waals surface area (Å²) in [6.07, 6.45) is 0. The standard InChI is InChI=1S/C17H22N2O/c1-13(2)19(11-15-7-5-4-6-8-15)12-16-17(20)10-9-14(3)18-16/h4-10,13,20H,11-12H2,1-3H3/p-1. The molecule has 0 spiro atoms. The molecule has 106 valence electrons. The summed E-state index contributed by atoms with van der Waals surface area (Å²) >= 11 is 0. The normalized spacial score (nSPS) is 11.2. The Hall–Kier alpha value is -1.87. The number of rotatable bonds is 5. The number of aromatic nitrogens is 1. The maximum Gasteiger partial charge on any atom is 0.0469 e. The van der Waals surface area contributed by atoms with Gasteiger partial charge in [0.1, 0.15) is 0 Å². The van der Waals surface area contributed by atoms with E-state index < -0.39 is 0 Å². The van der Waals surface area contributed by atoms with Crippen molar-refractivity contribution in [3.63, 3.8) is 0 Å². The van der Waals surface area contributed by atoms with E-state index in [0.29, 0.717) is 18.3 Å². The second-order valence-corrected chi connectivity index (χ2v) is 5.38. The van der Waals surface area contributed by atoms with E-state index in [9.17, 15) is 5.11 Å². The third-order valence-corrected chi connectivity index (χ3v) is 3.38. The Bertz CT molecular complexity index is 552. The maximum absolute atomic E-state index is 11.9. The van der Waals surface area contributed by atoms with Crippen LogP contribution in [0, 0.1) is 6.92 Å². The fraction of sp³-hybridized carbons (Fsp3) is 0.353. The molecule has 2 rings (SSSR count). The monoisotopic (exact) mass is 269 g/mol. The number of aryl methyl sites for hydroxylation is 1. The molecule has 0 atom stereocenters. The number of hydrogen-bond acceptors (Lipinski definition) is 3. The maximum atomic E-state index is 11.9. The van der Waals surface area contributed by atoms with Crippen molar-refractivity contribution in [3.8, 4) is 5.75 Å². The van der Waals surface area contributed by atoms with Gasteiger partial charge in [-0.1, -0.05) is 42.1 Å². The zero-order valence-electron chi connectivity index (χ0n) is 12.3. The fourth-order valence-corrected chi connectivity index (χ4v) is 2.14. The molecule has 2 aromatic rings. The molecule has 0 amide bonds. The highest BCUT2D eigenvalue weighted by molar-refractivity contribution is 5.26. The van der Waals surface area contributed by atoms with E-state index in [-0.39, 0.29) is 5.75 Å². The third-order valence-electron chi connectivity index (χ3n) is 3.38. The summed E-state index contributed by atoms with van der Waals surface area (Å²) < 4.78 is 0. The SMILES string of the molecule is Cc1ccc([O-])c(CN(Cc2ccccc2)C(C)C)n1. The van der Waals surface area contributed by atoms with E-state index in [1.165, 1.54) is 5.56 Å². The van der Waals surface area contributed by atoms with Crippen LogP contribution >= 0.6 is 0 Å². The number of hydrogen-bond donors (Lipinski definition) is 0. The van der Waals surface area contributed by atoms with E-state index in [2.05, 4.69) is 35.9 Å². The summed E-state index contributed by atoms with van der Waals surface area (Å²) in [6, 6.07) is 14.0. The summed E-state index contributed by atoms with van der Waals surface area (Å²) in [7, 11) is 0. The highest BCUT2D eigenvalue weighted by Gasteiger charge is 2.12. The van der Waals surface area contributed by atoms with E-state index in [0.717, 1.165) is 12.2 Å². The van der Waals surface area contributed by atoms with Gasteiger partial charge < -0.3 is 5.11 Å². The first-order chi connectivity index (χ1) is 9.56. The Kier molecular flexibility index (Phi) is 4.74. The predicted molar refractivity (Wildman–Crippen MR) is 79.2 cm³/mol. The van der Waals surface area contributed by atoms with Gasteiger partial charge in [-0.15, -0.1) is 0 Å². The quantitative estimate of drug-likeness (QED) is 0.838. The zero-order chi connectivity index (χ0) is 14.5. The fourth-order valence-electron chi connectivity index (χ4n) is 2.14. The van der Waals surface area contributed by atoms with E-state index in [4.69, 9.17) is 0 Å². The lowest BCUT2D eigenvalue weighted by Crippen LogP contribution is -2.30. The van der Waals surface area contributed by atoms with Crippen molar-refractivity contribution < 1.29 is 5.11 Å². The molecule has 0 saturated carbocycles. The minimum absolute atomic E-state index is 0.0225. The molecule has 0 bridgehead atoms. The van der Waals surface area contributed by atoms with Crippen LogP contribution < -0.4 is 5.11 Å². The number of nitrogens with zero attached hydrogens (tertiary/aromatic N) is 2. The molecule has 3 heteroatoms. The molecule has 20 heavy (non-hydrogen) atoms. The van der Waals surface area contributed by atoms with Crippen molar-refractivity contribution in [2.45, 2.75) is 39.9 Å². The first-order valence-corrected chi connectivity index (χ1v) is 6.98. The number of benzene rings is 1. The lowest BCUT2D eigenvalue weighted by atomic mass is 10.1. The van der Waals surface area contributed by atoms with Crippen molar-refractivity contribution in [2.75, 3.05) is 0 Å². The Morgan fingerprint density at radius 1 is 1.05 bits per heavy atom. The van der Waals surface area contributed by atoms with Gasteiger partial charge >= 0.3 is 0 Å². The minimum Gasteiger partial charge on any atom is -0.871 e. The van der Waals surface area contributed by atoms with Gasteiger partial charge in [0.15, 0.2) is 0 Å². The molecular weight excluding hydrogens is 248 g/mol. The zero-order valence-corrected chi connectivity index (χ0v) is 12.3. The topological polar surface area (TPSA) is 39.2 Å². The van der Waals surface area contributed by atoms with E-state index in [1.54, 1.807) is 12.1 Å². The van der Waals surface area contributed by atoms with Crippen LogP contribution in [0.5, 0.6) is 5.75 Å². The molecule has 3 nitrogen and oxygen atoms in total. The molecule has 1 heterocycles. The average molecular weight is 269 g/mol. The summed E-state index contributed by atoms with van der Waals surface area (Å²) in [5, 5.41) is 11.9. The highest BCUT2D eigenvalue weighted by atomic mass is 16.3. The van der Waals surface area contributed by atoms with Crippen molar-refractivity contribution in [2.24, 2.45) is 0 Å². The molecule has 0 radical (unpaired) electrons. The second kappa shape index (κ2) is 6.53. The van der Waals surface area contributed by atoms with Gasteiger partial charge in [-0.25, -0.2) is 0 Å². The summed E-state index contributed by atoms with van der Waals surface area (Å²) in [5.41, 5.74) is 2.78. The first kappa shape index (κ1) is 14.5. The predicted octanol–water partition coefficient (Wildman–Crippen LogP) is 2.87. The summed E-state index contributed by atoms with van der Waals surface area (Å²) in [6.45, 7) is 7.62. The Labute approximate surface area is 120 Å². The molecule has 0 fully saturated rings. The van der Waals surface area contributed by atoms with Crippen LogP contribution in [-0.2, 0) is 13.1 Å². The van der Waals surface area contributed by atoms with E-state index >= 15 is 0 Å². The van der Waals surface area contributed by atoms with E-state index in [1.807, 2.05) is 25.1 Å². The molecule has 0 N–H and O–H groups in total. The van der Waals surface area contributed by atoms with Crippen LogP contribution in [-0.4, -0.2) is 15.9 Å². The van der Waals surface area contributed by atoms with Crippen LogP contribution in [0.1, 0.15) is 30.8 Å². The van der Waals surface area contributed by atoms with Crippen molar-refractivity contribution in [1.29, 1.82) is 0 Å². The smallest absolute Gasteiger partial charge is 0.0469 e. The highest BCUT2D eigenvalue weighted by Crippen LogP contribution is 2.17. The minimum atomic E-state index is 0.0225. The molecule has 0 aliphatic rings. The Morgan fingerprint density at radius 2 is 1.75 bits per heavy atom. The van der Waals surface area contributed by atoms with Gasteiger partial charge in [0.25, 0.3) is 0 Å². The molecule has 1 aromatic heterocycles.